The van der Waals surface area contributed by atoms with E-state index >= 15 is 0 Å². The summed E-state index contributed by atoms with van der Waals surface area (Å²) in [7, 11) is 1.70. The minimum atomic E-state index is 0.0806. The van der Waals surface area contributed by atoms with E-state index in [9.17, 15) is 0 Å². The highest BCUT2D eigenvalue weighted by Gasteiger charge is 2.27. The first-order valence-corrected chi connectivity index (χ1v) is 6.77. The third kappa shape index (κ3) is 2.24. The van der Waals surface area contributed by atoms with Gasteiger partial charge in [0, 0.05) is 12.0 Å². The lowest BCUT2D eigenvalue weighted by molar-refractivity contribution is 0.412. The first kappa shape index (κ1) is 12.2. The van der Waals surface area contributed by atoms with Crippen molar-refractivity contribution < 1.29 is 4.74 Å². The van der Waals surface area contributed by atoms with Crippen molar-refractivity contribution in [3.63, 3.8) is 0 Å². The van der Waals surface area contributed by atoms with Gasteiger partial charge in [-0.05, 0) is 41.7 Å². The molecule has 0 bridgehead atoms. The Morgan fingerprint density at radius 2 is 1.95 bits per heavy atom. The predicted octanol–water partition coefficient (Wildman–Crippen LogP) is 3.43. The number of fused-ring (bicyclic) bond motifs is 1. The van der Waals surface area contributed by atoms with E-state index < -0.39 is 0 Å². The lowest BCUT2D eigenvalue weighted by atomic mass is 9.77. The zero-order chi connectivity index (χ0) is 13.2. The van der Waals surface area contributed by atoms with Gasteiger partial charge in [-0.15, -0.1) is 0 Å². The molecule has 2 aromatic carbocycles. The van der Waals surface area contributed by atoms with Crippen LogP contribution in [0.15, 0.2) is 48.5 Å². The Labute approximate surface area is 114 Å². The number of benzene rings is 2. The van der Waals surface area contributed by atoms with Gasteiger partial charge in [0.2, 0.25) is 0 Å². The van der Waals surface area contributed by atoms with Crippen LogP contribution in [0.5, 0.6) is 5.75 Å². The van der Waals surface area contributed by atoms with Gasteiger partial charge < -0.3 is 10.5 Å². The summed E-state index contributed by atoms with van der Waals surface area (Å²) in [6, 6.07) is 16.9. The highest BCUT2D eigenvalue weighted by Crippen LogP contribution is 2.39. The minimum absolute atomic E-state index is 0.0806. The average molecular weight is 253 g/mol. The van der Waals surface area contributed by atoms with Crippen LogP contribution in [0.2, 0.25) is 0 Å². The Balaban J connectivity index is 1.95. The Morgan fingerprint density at radius 1 is 1.11 bits per heavy atom. The molecule has 0 saturated heterocycles. The Kier molecular flexibility index (Phi) is 3.26. The highest BCUT2D eigenvalue weighted by atomic mass is 16.5. The molecule has 0 heterocycles. The van der Waals surface area contributed by atoms with E-state index in [1.54, 1.807) is 7.11 Å². The van der Waals surface area contributed by atoms with Crippen LogP contribution in [-0.2, 0) is 6.42 Å². The highest BCUT2D eigenvalue weighted by molar-refractivity contribution is 5.39. The average Bonchev–Trinajstić information content (AvgIpc) is 2.48. The van der Waals surface area contributed by atoms with Crippen LogP contribution in [0.3, 0.4) is 0 Å². The van der Waals surface area contributed by atoms with Gasteiger partial charge in [0.1, 0.15) is 5.75 Å². The van der Waals surface area contributed by atoms with E-state index in [1.807, 2.05) is 12.1 Å². The van der Waals surface area contributed by atoms with Crippen LogP contribution in [0.25, 0.3) is 0 Å². The Hall–Kier alpha value is -1.80. The third-order valence-electron chi connectivity index (χ3n) is 4.09. The van der Waals surface area contributed by atoms with Gasteiger partial charge in [-0.1, -0.05) is 36.4 Å². The van der Waals surface area contributed by atoms with Gasteiger partial charge in [0.15, 0.2) is 0 Å². The van der Waals surface area contributed by atoms with Crippen molar-refractivity contribution in [2.75, 3.05) is 7.11 Å². The number of nitrogens with two attached hydrogens (primary N) is 1. The molecule has 0 aromatic heterocycles. The van der Waals surface area contributed by atoms with Crippen molar-refractivity contribution in [1.29, 1.82) is 0 Å². The normalized spacial score (nSPS) is 21.8. The van der Waals surface area contributed by atoms with Crippen LogP contribution >= 0.6 is 0 Å². The van der Waals surface area contributed by atoms with Crippen molar-refractivity contribution in [2.45, 2.75) is 24.8 Å². The maximum atomic E-state index is 6.47. The van der Waals surface area contributed by atoms with Crippen molar-refractivity contribution in [3.8, 4) is 5.75 Å². The quantitative estimate of drug-likeness (QED) is 0.890. The molecule has 0 fully saturated rings. The maximum absolute atomic E-state index is 6.47. The van der Waals surface area contributed by atoms with Crippen molar-refractivity contribution >= 4 is 0 Å². The van der Waals surface area contributed by atoms with Crippen LogP contribution in [0, 0.1) is 0 Å². The summed E-state index contributed by atoms with van der Waals surface area (Å²) >= 11 is 0. The summed E-state index contributed by atoms with van der Waals surface area (Å²) in [6.07, 6.45) is 2.21. The summed E-state index contributed by atoms with van der Waals surface area (Å²) in [4.78, 5) is 0. The molecule has 1 aliphatic carbocycles. The number of rotatable bonds is 2. The lowest BCUT2D eigenvalue weighted by Gasteiger charge is -2.31. The first-order chi connectivity index (χ1) is 9.29. The molecular weight excluding hydrogens is 234 g/mol. The van der Waals surface area contributed by atoms with Crippen molar-refractivity contribution in [2.24, 2.45) is 5.73 Å². The second kappa shape index (κ2) is 5.06. The fourth-order valence-electron chi connectivity index (χ4n) is 3.04. The summed E-state index contributed by atoms with van der Waals surface area (Å²) in [5, 5.41) is 0. The lowest BCUT2D eigenvalue weighted by Crippen LogP contribution is -2.25. The SMILES string of the molecule is COc1cccc([C@H]2CCc3ccccc3[C@H]2N)c1. The largest absolute Gasteiger partial charge is 0.497 e. The zero-order valence-corrected chi connectivity index (χ0v) is 11.2. The zero-order valence-electron chi connectivity index (χ0n) is 11.2. The number of aryl methyl sites for hydroxylation is 1. The van der Waals surface area contributed by atoms with E-state index in [2.05, 4.69) is 36.4 Å². The fraction of sp³-hybridized carbons (Fsp3) is 0.294. The molecule has 2 nitrogen and oxygen atoms in total. The molecule has 0 spiro atoms. The fourth-order valence-corrected chi connectivity index (χ4v) is 3.04. The van der Waals surface area contributed by atoms with Gasteiger partial charge in [0.25, 0.3) is 0 Å². The number of methoxy groups -OCH3 is 1. The summed E-state index contributed by atoms with van der Waals surface area (Å²) in [6.45, 7) is 0. The summed E-state index contributed by atoms with van der Waals surface area (Å²) in [5.74, 6) is 1.29. The molecule has 2 aromatic rings. The van der Waals surface area contributed by atoms with E-state index in [0.29, 0.717) is 5.92 Å². The monoisotopic (exact) mass is 253 g/mol. The molecule has 3 rings (SSSR count). The molecule has 2 atom stereocenters. The van der Waals surface area contributed by atoms with Gasteiger partial charge in [-0.25, -0.2) is 0 Å². The molecule has 2 N–H and O–H groups in total. The van der Waals surface area contributed by atoms with Crippen LogP contribution < -0.4 is 10.5 Å². The Bertz CT molecular complexity index is 579. The molecule has 0 aliphatic heterocycles. The van der Waals surface area contributed by atoms with Crippen molar-refractivity contribution in [1.82, 2.24) is 0 Å². The van der Waals surface area contributed by atoms with E-state index in [-0.39, 0.29) is 6.04 Å². The molecule has 0 saturated carbocycles. The van der Waals surface area contributed by atoms with E-state index in [0.717, 1.165) is 18.6 Å². The summed E-state index contributed by atoms with van der Waals surface area (Å²) in [5.41, 5.74) is 10.4. The molecule has 0 unspecified atom stereocenters. The smallest absolute Gasteiger partial charge is 0.119 e. The van der Waals surface area contributed by atoms with Crippen molar-refractivity contribution in [3.05, 3.63) is 65.2 Å². The van der Waals surface area contributed by atoms with Crippen LogP contribution in [-0.4, -0.2) is 7.11 Å². The molecule has 98 valence electrons. The Morgan fingerprint density at radius 3 is 2.79 bits per heavy atom. The van der Waals surface area contributed by atoms with Gasteiger partial charge in [0.05, 0.1) is 7.11 Å². The van der Waals surface area contributed by atoms with Crippen LogP contribution in [0.1, 0.15) is 35.1 Å². The summed E-state index contributed by atoms with van der Waals surface area (Å²) < 4.78 is 5.31. The number of hydrogen-bond donors (Lipinski definition) is 1. The second-order valence-electron chi connectivity index (χ2n) is 5.15. The third-order valence-corrected chi connectivity index (χ3v) is 4.09. The minimum Gasteiger partial charge on any atom is -0.497 e. The van der Waals surface area contributed by atoms with Gasteiger partial charge >= 0.3 is 0 Å². The standard InChI is InChI=1S/C17H19NO/c1-19-14-7-4-6-13(11-14)16-10-9-12-5-2-3-8-15(12)17(16)18/h2-8,11,16-17H,9-10,18H2,1H3/t16-,17-/m1/s1. The number of ether oxygens (including phenoxy) is 1. The van der Waals surface area contributed by atoms with Gasteiger partial charge in [-0.2, -0.15) is 0 Å². The second-order valence-corrected chi connectivity index (χ2v) is 5.15. The predicted molar refractivity (Wildman–Crippen MR) is 77.4 cm³/mol. The molecule has 1 aliphatic rings. The molecule has 0 amide bonds. The topological polar surface area (TPSA) is 35.2 Å². The maximum Gasteiger partial charge on any atom is 0.119 e. The van der Waals surface area contributed by atoms with E-state index in [1.165, 1.54) is 16.7 Å². The molecule has 0 radical (unpaired) electrons. The van der Waals surface area contributed by atoms with Crippen LogP contribution in [0.4, 0.5) is 0 Å². The van der Waals surface area contributed by atoms with E-state index in [4.69, 9.17) is 10.5 Å². The molecular formula is C17H19NO. The molecule has 19 heavy (non-hydrogen) atoms. The van der Waals surface area contributed by atoms with Gasteiger partial charge in [-0.3, -0.25) is 0 Å². The number of hydrogen-bond acceptors (Lipinski definition) is 2. The molecule has 2 heteroatoms. The first-order valence-electron chi connectivity index (χ1n) is 6.77.